The molecule has 130 valence electrons. The molecule has 1 amide bonds. The lowest BCUT2D eigenvalue weighted by Gasteiger charge is -2.07. The molecule has 0 radical (unpaired) electrons. The minimum Gasteiger partial charge on any atom is -0.452 e. The standard InChI is InChI=1S/C16H10ClF2NO5/c17-10-3-1-2-9(6-10)15(22)23-8-14(21)20-11-4-5-12-13(7-11)25-16(18,19)24-12/h1-7H,8H2,(H,20,21). The molecule has 1 aliphatic rings. The molecule has 0 saturated heterocycles. The van der Waals surface area contributed by atoms with Crippen LogP contribution in [0, 0.1) is 0 Å². The molecular formula is C16H10ClF2NO5. The van der Waals surface area contributed by atoms with Crippen molar-refractivity contribution in [3.8, 4) is 11.5 Å². The lowest BCUT2D eigenvalue weighted by molar-refractivity contribution is -0.286. The number of esters is 1. The molecule has 0 aromatic heterocycles. The zero-order valence-corrected chi connectivity index (χ0v) is 13.2. The number of hydrogen-bond acceptors (Lipinski definition) is 5. The maximum absolute atomic E-state index is 12.9. The van der Waals surface area contributed by atoms with Gasteiger partial charge < -0.3 is 19.5 Å². The number of carbonyl (C=O) groups is 2. The van der Waals surface area contributed by atoms with Crippen LogP contribution in [0.1, 0.15) is 10.4 Å². The van der Waals surface area contributed by atoms with E-state index in [0.717, 1.165) is 0 Å². The molecule has 0 unspecified atom stereocenters. The van der Waals surface area contributed by atoms with E-state index in [1.807, 2.05) is 0 Å². The van der Waals surface area contributed by atoms with Crippen molar-refractivity contribution in [2.24, 2.45) is 0 Å². The van der Waals surface area contributed by atoms with E-state index in [9.17, 15) is 18.4 Å². The molecule has 1 aliphatic heterocycles. The number of ether oxygens (including phenoxy) is 3. The molecule has 0 fully saturated rings. The molecular weight excluding hydrogens is 360 g/mol. The fraction of sp³-hybridized carbons (Fsp3) is 0.125. The Bertz CT molecular complexity index is 843. The average Bonchev–Trinajstić information content (AvgIpc) is 2.85. The first-order chi connectivity index (χ1) is 11.8. The fourth-order valence-electron chi connectivity index (χ4n) is 2.05. The zero-order valence-electron chi connectivity index (χ0n) is 12.4. The molecule has 25 heavy (non-hydrogen) atoms. The van der Waals surface area contributed by atoms with Gasteiger partial charge in [-0.05, 0) is 30.3 Å². The molecule has 1 heterocycles. The Kier molecular flexibility index (Phi) is 4.45. The van der Waals surface area contributed by atoms with Gasteiger partial charge in [-0.15, -0.1) is 8.78 Å². The Morgan fingerprint density at radius 1 is 1.12 bits per heavy atom. The predicted molar refractivity (Wildman–Crippen MR) is 83.0 cm³/mol. The van der Waals surface area contributed by atoms with Crippen molar-refractivity contribution < 1.29 is 32.6 Å². The largest absolute Gasteiger partial charge is 0.586 e. The third-order valence-corrected chi connectivity index (χ3v) is 3.31. The summed E-state index contributed by atoms with van der Waals surface area (Å²) in [6, 6.07) is 9.80. The van der Waals surface area contributed by atoms with Crippen molar-refractivity contribution in [1.29, 1.82) is 0 Å². The Morgan fingerprint density at radius 2 is 1.88 bits per heavy atom. The summed E-state index contributed by atoms with van der Waals surface area (Å²) in [6.07, 6.45) is -3.74. The van der Waals surface area contributed by atoms with E-state index >= 15 is 0 Å². The van der Waals surface area contributed by atoms with Crippen LogP contribution in [0.3, 0.4) is 0 Å². The van der Waals surface area contributed by atoms with E-state index in [1.54, 1.807) is 12.1 Å². The van der Waals surface area contributed by atoms with Gasteiger partial charge in [-0.1, -0.05) is 17.7 Å². The zero-order chi connectivity index (χ0) is 18.0. The normalized spacial score (nSPS) is 14.0. The number of fused-ring (bicyclic) bond motifs is 1. The van der Waals surface area contributed by atoms with Gasteiger partial charge in [0.2, 0.25) is 0 Å². The third kappa shape index (κ3) is 4.16. The Hall–Kier alpha value is -2.87. The number of hydrogen-bond donors (Lipinski definition) is 1. The van der Waals surface area contributed by atoms with Crippen LogP contribution in [0.2, 0.25) is 5.02 Å². The van der Waals surface area contributed by atoms with Crippen LogP contribution in [0.5, 0.6) is 11.5 Å². The van der Waals surface area contributed by atoms with Gasteiger partial charge >= 0.3 is 12.3 Å². The third-order valence-electron chi connectivity index (χ3n) is 3.08. The van der Waals surface area contributed by atoms with E-state index in [1.165, 1.54) is 30.3 Å². The minimum absolute atomic E-state index is 0.143. The van der Waals surface area contributed by atoms with Gasteiger partial charge in [-0.25, -0.2) is 4.79 Å². The maximum atomic E-state index is 12.9. The van der Waals surface area contributed by atoms with Gasteiger partial charge in [0.1, 0.15) is 0 Å². The summed E-state index contributed by atoms with van der Waals surface area (Å²) in [5.74, 6) is -1.72. The average molecular weight is 370 g/mol. The van der Waals surface area contributed by atoms with E-state index < -0.39 is 24.8 Å². The number of carbonyl (C=O) groups excluding carboxylic acids is 2. The topological polar surface area (TPSA) is 73.9 Å². The highest BCUT2D eigenvalue weighted by Crippen LogP contribution is 2.42. The number of nitrogens with one attached hydrogen (secondary N) is 1. The van der Waals surface area contributed by atoms with E-state index in [4.69, 9.17) is 16.3 Å². The molecule has 9 heteroatoms. The Labute approximate surface area is 145 Å². The Morgan fingerprint density at radius 3 is 2.64 bits per heavy atom. The second-order valence-corrected chi connectivity index (χ2v) is 5.40. The van der Waals surface area contributed by atoms with Crippen molar-refractivity contribution in [2.45, 2.75) is 6.29 Å². The number of benzene rings is 2. The van der Waals surface area contributed by atoms with Gasteiger partial charge in [0.05, 0.1) is 5.56 Å². The van der Waals surface area contributed by atoms with Crippen molar-refractivity contribution >= 4 is 29.2 Å². The number of halogens is 3. The predicted octanol–water partition coefficient (Wildman–Crippen LogP) is 3.46. The summed E-state index contributed by atoms with van der Waals surface area (Å²) >= 11 is 5.76. The van der Waals surface area contributed by atoms with Gasteiger partial charge in [0.15, 0.2) is 18.1 Å². The second kappa shape index (κ2) is 6.56. The van der Waals surface area contributed by atoms with Gasteiger partial charge in [0.25, 0.3) is 5.91 Å². The summed E-state index contributed by atoms with van der Waals surface area (Å²) in [6.45, 7) is -0.560. The first-order valence-corrected chi connectivity index (χ1v) is 7.33. The molecule has 0 saturated carbocycles. The van der Waals surface area contributed by atoms with Crippen LogP contribution in [0.25, 0.3) is 0 Å². The van der Waals surface area contributed by atoms with Gasteiger partial charge in [0, 0.05) is 16.8 Å². The highest BCUT2D eigenvalue weighted by Gasteiger charge is 2.43. The quantitative estimate of drug-likeness (QED) is 0.835. The second-order valence-electron chi connectivity index (χ2n) is 4.96. The van der Waals surface area contributed by atoms with Crippen molar-refractivity contribution in [3.05, 3.63) is 53.1 Å². The van der Waals surface area contributed by atoms with Crippen LogP contribution < -0.4 is 14.8 Å². The molecule has 0 atom stereocenters. The lowest BCUT2D eigenvalue weighted by atomic mass is 10.2. The monoisotopic (exact) mass is 369 g/mol. The number of alkyl halides is 2. The number of amides is 1. The first kappa shape index (κ1) is 17.0. The molecule has 0 spiro atoms. The van der Waals surface area contributed by atoms with Crippen molar-refractivity contribution in [2.75, 3.05) is 11.9 Å². The molecule has 0 aliphatic carbocycles. The highest BCUT2D eigenvalue weighted by molar-refractivity contribution is 6.30. The van der Waals surface area contributed by atoms with Gasteiger partial charge in [-0.3, -0.25) is 4.79 Å². The summed E-state index contributed by atoms with van der Waals surface area (Å²) in [4.78, 5) is 23.6. The summed E-state index contributed by atoms with van der Waals surface area (Å²) in [7, 11) is 0. The molecule has 3 rings (SSSR count). The summed E-state index contributed by atoms with van der Waals surface area (Å²) in [5, 5.41) is 2.75. The SMILES string of the molecule is O=C(COC(=O)c1cccc(Cl)c1)Nc1ccc2c(c1)OC(F)(F)O2. The fourth-order valence-corrected chi connectivity index (χ4v) is 2.24. The van der Waals surface area contributed by atoms with Crippen LogP contribution in [-0.4, -0.2) is 24.8 Å². The van der Waals surface area contributed by atoms with Crippen LogP contribution >= 0.6 is 11.6 Å². The van der Waals surface area contributed by atoms with Gasteiger partial charge in [-0.2, -0.15) is 0 Å². The molecule has 2 aromatic rings. The van der Waals surface area contributed by atoms with Crippen LogP contribution in [-0.2, 0) is 9.53 Å². The van der Waals surface area contributed by atoms with E-state index in [2.05, 4.69) is 14.8 Å². The highest BCUT2D eigenvalue weighted by atomic mass is 35.5. The first-order valence-electron chi connectivity index (χ1n) is 6.95. The summed E-state index contributed by atoms with van der Waals surface area (Å²) < 4.78 is 39.2. The number of anilines is 1. The minimum atomic E-state index is -3.74. The number of rotatable bonds is 4. The molecule has 6 nitrogen and oxygen atoms in total. The molecule has 0 bridgehead atoms. The maximum Gasteiger partial charge on any atom is 0.586 e. The smallest absolute Gasteiger partial charge is 0.452 e. The molecule has 1 N–H and O–H groups in total. The Balaban J connectivity index is 1.56. The van der Waals surface area contributed by atoms with E-state index in [0.29, 0.717) is 5.02 Å². The van der Waals surface area contributed by atoms with Crippen molar-refractivity contribution in [3.63, 3.8) is 0 Å². The van der Waals surface area contributed by atoms with Crippen molar-refractivity contribution in [1.82, 2.24) is 0 Å². The van der Waals surface area contributed by atoms with Crippen LogP contribution in [0.15, 0.2) is 42.5 Å². The lowest BCUT2D eigenvalue weighted by Crippen LogP contribution is -2.25. The molecule has 2 aromatic carbocycles. The van der Waals surface area contributed by atoms with Crippen LogP contribution in [0.4, 0.5) is 14.5 Å². The van der Waals surface area contributed by atoms with E-state index in [-0.39, 0.29) is 22.7 Å². The summed E-state index contributed by atoms with van der Waals surface area (Å²) in [5.41, 5.74) is 0.384.